The lowest BCUT2D eigenvalue weighted by Gasteiger charge is -2.04. The zero-order valence-corrected chi connectivity index (χ0v) is 16.9. The molecule has 0 heterocycles. The van der Waals surface area contributed by atoms with Gasteiger partial charge in [0.25, 0.3) is 0 Å². The van der Waals surface area contributed by atoms with Crippen molar-refractivity contribution in [3.8, 4) is 0 Å². The summed E-state index contributed by atoms with van der Waals surface area (Å²) in [6.07, 6.45) is 19.2. The van der Waals surface area contributed by atoms with Gasteiger partial charge >= 0.3 is 5.97 Å². The van der Waals surface area contributed by atoms with Crippen LogP contribution in [0.1, 0.15) is 99.9 Å². The molecule has 0 unspecified atom stereocenters. The third-order valence-electron chi connectivity index (χ3n) is 4.93. The lowest BCUT2D eigenvalue weighted by molar-refractivity contribution is -0.131. The highest BCUT2D eigenvalue weighted by molar-refractivity contribution is 6.06. The molecule has 0 aliphatic rings. The number of allylic oxidation sites excluding steroid dienone is 1. The van der Waals surface area contributed by atoms with Gasteiger partial charge in [-0.1, -0.05) is 102 Å². The van der Waals surface area contributed by atoms with Gasteiger partial charge in [0.2, 0.25) is 0 Å². The van der Waals surface area contributed by atoms with Gasteiger partial charge in [-0.05, 0) is 24.5 Å². The van der Waals surface area contributed by atoms with Crippen LogP contribution in [-0.2, 0) is 11.2 Å². The van der Waals surface area contributed by atoms with E-state index in [1.807, 2.05) is 12.1 Å². The zero-order valence-electron chi connectivity index (χ0n) is 16.9. The van der Waals surface area contributed by atoms with Crippen molar-refractivity contribution >= 4 is 11.8 Å². The van der Waals surface area contributed by atoms with Crippen molar-refractivity contribution in [3.63, 3.8) is 0 Å². The maximum Gasteiger partial charge on any atom is 0.328 e. The number of aryl methyl sites for hydroxylation is 1. The Labute approximate surface area is 164 Å². The number of unbranched alkanes of at least 4 members (excludes halogenated alkanes) is 11. The van der Waals surface area contributed by atoms with Crippen LogP contribution in [0, 0.1) is 0 Å². The highest BCUT2D eigenvalue weighted by atomic mass is 16.4. The highest BCUT2D eigenvalue weighted by Gasteiger charge is 2.03. The van der Waals surface area contributed by atoms with Crippen molar-refractivity contribution < 1.29 is 14.7 Å². The number of carbonyl (C=O) groups excluding carboxylic acids is 1. The number of rotatable bonds is 16. The predicted molar refractivity (Wildman–Crippen MR) is 112 cm³/mol. The van der Waals surface area contributed by atoms with Crippen molar-refractivity contribution in [2.45, 2.75) is 90.4 Å². The average Bonchev–Trinajstić information content (AvgIpc) is 2.67. The van der Waals surface area contributed by atoms with E-state index in [1.54, 1.807) is 12.1 Å². The quantitative estimate of drug-likeness (QED) is 0.198. The van der Waals surface area contributed by atoms with Gasteiger partial charge < -0.3 is 5.11 Å². The second-order valence-electron chi connectivity index (χ2n) is 7.37. The van der Waals surface area contributed by atoms with Gasteiger partial charge in [0, 0.05) is 11.6 Å². The van der Waals surface area contributed by atoms with Crippen molar-refractivity contribution in [2.24, 2.45) is 0 Å². The lowest BCUT2D eigenvalue weighted by atomic mass is 10.0. The number of carbonyl (C=O) groups is 2. The minimum Gasteiger partial charge on any atom is -0.478 e. The van der Waals surface area contributed by atoms with Crippen LogP contribution in [-0.4, -0.2) is 16.9 Å². The smallest absolute Gasteiger partial charge is 0.328 e. The first-order valence-corrected chi connectivity index (χ1v) is 10.7. The summed E-state index contributed by atoms with van der Waals surface area (Å²) in [7, 11) is 0. The molecule has 27 heavy (non-hydrogen) atoms. The SMILES string of the molecule is CCCCCCCCCCCCCCc1ccc(C(=O)/C=C/C(=O)O)cc1. The molecule has 150 valence electrons. The largest absolute Gasteiger partial charge is 0.478 e. The van der Waals surface area contributed by atoms with Crippen LogP contribution in [0.3, 0.4) is 0 Å². The van der Waals surface area contributed by atoms with Crippen molar-refractivity contribution in [3.05, 3.63) is 47.5 Å². The fourth-order valence-electron chi connectivity index (χ4n) is 3.25. The first-order chi connectivity index (χ1) is 13.1. The summed E-state index contributed by atoms with van der Waals surface area (Å²) < 4.78 is 0. The fourth-order valence-corrected chi connectivity index (χ4v) is 3.25. The predicted octanol–water partition coefficient (Wildman–Crippen LogP) is 6.75. The summed E-state index contributed by atoms with van der Waals surface area (Å²) in [5, 5.41) is 8.56. The maximum absolute atomic E-state index is 11.8. The van der Waals surface area contributed by atoms with E-state index in [0.29, 0.717) is 5.56 Å². The van der Waals surface area contributed by atoms with Crippen LogP contribution in [0.4, 0.5) is 0 Å². The number of ketones is 1. The molecule has 0 saturated heterocycles. The molecule has 0 fully saturated rings. The molecule has 3 nitrogen and oxygen atoms in total. The number of hydrogen-bond donors (Lipinski definition) is 1. The summed E-state index contributed by atoms with van der Waals surface area (Å²) in [6, 6.07) is 7.51. The topological polar surface area (TPSA) is 54.4 Å². The van der Waals surface area contributed by atoms with Crippen molar-refractivity contribution in [2.75, 3.05) is 0 Å². The summed E-state index contributed by atoms with van der Waals surface area (Å²) in [6.45, 7) is 2.26. The van der Waals surface area contributed by atoms with Gasteiger partial charge in [0.05, 0.1) is 0 Å². The van der Waals surface area contributed by atoms with E-state index in [1.165, 1.54) is 82.6 Å². The molecule has 0 aliphatic carbocycles. The molecule has 0 aliphatic heterocycles. The van der Waals surface area contributed by atoms with E-state index in [9.17, 15) is 9.59 Å². The molecule has 1 rings (SSSR count). The second-order valence-corrected chi connectivity index (χ2v) is 7.37. The first-order valence-electron chi connectivity index (χ1n) is 10.7. The van der Waals surface area contributed by atoms with E-state index in [0.717, 1.165) is 18.6 Å². The molecule has 0 radical (unpaired) electrons. The Bertz CT molecular complexity index is 557. The first kappa shape index (κ1) is 23.1. The Morgan fingerprint density at radius 3 is 1.70 bits per heavy atom. The molecule has 0 saturated carbocycles. The maximum atomic E-state index is 11.8. The number of carboxylic acids is 1. The van der Waals surface area contributed by atoms with Gasteiger partial charge in [-0.2, -0.15) is 0 Å². The lowest BCUT2D eigenvalue weighted by Crippen LogP contribution is -1.97. The Balaban J connectivity index is 2.05. The third-order valence-corrected chi connectivity index (χ3v) is 4.93. The van der Waals surface area contributed by atoms with Gasteiger partial charge in [-0.3, -0.25) is 4.79 Å². The summed E-state index contributed by atoms with van der Waals surface area (Å²) >= 11 is 0. The van der Waals surface area contributed by atoms with Gasteiger partial charge in [0.15, 0.2) is 5.78 Å². The summed E-state index contributed by atoms with van der Waals surface area (Å²) in [5.74, 6) is -1.37. The van der Waals surface area contributed by atoms with Gasteiger partial charge in [-0.25, -0.2) is 4.79 Å². The molecule has 1 N–H and O–H groups in total. The Morgan fingerprint density at radius 1 is 0.741 bits per heavy atom. The van der Waals surface area contributed by atoms with E-state index >= 15 is 0 Å². The zero-order chi connectivity index (χ0) is 19.7. The van der Waals surface area contributed by atoms with Crippen LogP contribution in [0.15, 0.2) is 36.4 Å². The molecular formula is C24H36O3. The van der Waals surface area contributed by atoms with Gasteiger partial charge in [0.1, 0.15) is 0 Å². The second kappa shape index (κ2) is 15.2. The molecule has 1 aromatic rings. The van der Waals surface area contributed by atoms with E-state index in [4.69, 9.17) is 5.11 Å². The van der Waals surface area contributed by atoms with Crippen LogP contribution in [0.2, 0.25) is 0 Å². The number of aliphatic carboxylic acids is 1. The van der Waals surface area contributed by atoms with E-state index in [2.05, 4.69) is 6.92 Å². The monoisotopic (exact) mass is 372 g/mol. The van der Waals surface area contributed by atoms with E-state index < -0.39 is 5.97 Å². The van der Waals surface area contributed by atoms with Crippen LogP contribution >= 0.6 is 0 Å². The van der Waals surface area contributed by atoms with Crippen LogP contribution in [0.25, 0.3) is 0 Å². The van der Waals surface area contributed by atoms with E-state index in [-0.39, 0.29) is 5.78 Å². The minimum atomic E-state index is -1.10. The Hall–Kier alpha value is -1.90. The molecule has 0 amide bonds. The minimum absolute atomic E-state index is 0.269. The van der Waals surface area contributed by atoms with Gasteiger partial charge in [-0.15, -0.1) is 0 Å². The average molecular weight is 373 g/mol. The number of hydrogen-bond acceptors (Lipinski definition) is 2. The number of benzene rings is 1. The summed E-state index contributed by atoms with van der Waals surface area (Å²) in [5.41, 5.74) is 1.77. The third kappa shape index (κ3) is 12.2. The molecular weight excluding hydrogens is 336 g/mol. The standard InChI is InChI=1S/C24H36O3/c1-2-3-4-5-6-7-8-9-10-11-12-13-14-21-15-17-22(18-16-21)23(25)19-20-24(26)27/h15-20H,2-14H2,1H3,(H,26,27)/b20-19+. The fraction of sp³-hybridized carbons (Fsp3) is 0.583. The molecule has 0 aromatic heterocycles. The summed E-state index contributed by atoms with van der Waals surface area (Å²) in [4.78, 5) is 22.2. The molecule has 0 spiro atoms. The van der Waals surface area contributed by atoms with Crippen molar-refractivity contribution in [1.82, 2.24) is 0 Å². The van der Waals surface area contributed by atoms with Crippen molar-refractivity contribution in [1.29, 1.82) is 0 Å². The molecule has 0 bridgehead atoms. The molecule has 3 heteroatoms. The highest BCUT2D eigenvalue weighted by Crippen LogP contribution is 2.14. The Kier molecular flexibility index (Phi) is 13.0. The normalized spacial score (nSPS) is 11.1. The molecule has 0 atom stereocenters. The van der Waals surface area contributed by atoms with Crippen LogP contribution in [0.5, 0.6) is 0 Å². The Morgan fingerprint density at radius 2 is 1.22 bits per heavy atom. The number of carboxylic acid groups (broad SMARTS) is 1. The van der Waals surface area contributed by atoms with Crippen LogP contribution < -0.4 is 0 Å². The molecule has 1 aromatic carbocycles.